The molecule has 38 heavy (non-hydrogen) atoms. The molecule has 0 saturated carbocycles. The summed E-state index contributed by atoms with van der Waals surface area (Å²) in [4.78, 5) is 24.3. The van der Waals surface area contributed by atoms with E-state index in [0.29, 0.717) is 38.9 Å². The lowest BCUT2D eigenvalue weighted by Crippen LogP contribution is -2.16. The number of benzene rings is 3. The molecular formula is C27H26ClN5O4S. The second kappa shape index (κ2) is 12.5. The zero-order valence-electron chi connectivity index (χ0n) is 21.0. The van der Waals surface area contributed by atoms with E-state index in [2.05, 4.69) is 20.8 Å². The second-order valence-corrected chi connectivity index (χ2v) is 9.49. The first kappa shape index (κ1) is 27.0. The first-order valence-electron chi connectivity index (χ1n) is 11.7. The molecule has 0 bridgehead atoms. The van der Waals surface area contributed by atoms with Crippen molar-refractivity contribution in [1.82, 2.24) is 14.8 Å². The molecule has 196 valence electrons. The van der Waals surface area contributed by atoms with E-state index in [0.717, 1.165) is 5.69 Å². The molecule has 2 amide bonds. The van der Waals surface area contributed by atoms with Crippen LogP contribution in [-0.4, -0.2) is 39.4 Å². The number of carbonyl (C=O) groups is 2. The average Bonchev–Trinajstić information content (AvgIpc) is 3.33. The molecule has 1 heterocycles. The summed E-state index contributed by atoms with van der Waals surface area (Å²) in [6.07, 6.45) is -0.475. The van der Waals surface area contributed by atoms with Gasteiger partial charge in [0.25, 0.3) is 0 Å². The van der Waals surface area contributed by atoms with Gasteiger partial charge in [-0.15, -0.1) is 10.2 Å². The van der Waals surface area contributed by atoms with Crippen LogP contribution < -0.4 is 20.1 Å². The molecule has 1 aromatic heterocycles. The maximum atomic E-state index is 12.8. The van der Waals surface area contributed by atoms with Crippen molar-refractivity contribution in [1.29, 1.82) is 0 Å². The van der Waals surface area contributed by atoms with Gasteiger partial charge < -0.3 is 20.1 Å². The third-order valence-corrected chi connectivity index (χ3v) is 6.54. The van der Waals surface area contributed by atoms with Crippen LogP contribution in [0.4, 0.5) is 11.4 Å². The Hall–Kier alpha value is -4.02. The Morgan fingerprint density at radius 3 is 2.45 bits per heavy atom. The van der Waals surface area contributed by atoms with Gasteiger partial charge >= 0.3 is 0 Å². The van der Waals surface area contributed by atoms with Crippen molar-refractivity contribution in [2.75, 3.05) is 23.5 Å². The summed E-state index contributed by atoms with van der Waals surface area (Å²) in [5.41, 5.74) is 1.82. The summed E-state index contributed by atoms with van der Waals surface area (Å²) in [6.45, 7) is 3.27. The van der Waals surface area contributed by atoms with Crippen molar-refractivity contribution in [2.45, 2.75) is 25.1 Å². The number of aromatic nitrogens is 3. The van der Waals surface area contributed by atoms with Gasteiger partial charge in [0.05, 0.1) is 23.6 Å². The number of carbonyl (C=O) groups excluding carboxylic acids is 2. The molecule has 0 saturated heterocycles. The van der Waals surface area contributed by atoms with E-state index in [1.54, 1.807) is 30.3 Å². The molecule has 9 nitrogen and oxygen atoms in total. The largest absolute Gasteiger partial charge is 0.495 e. The van der Waals surface area contributed by atoms with Crippen LogP contribution >= 0.6 is 23.4 Å². The molecular weight excluding hydrogens is 526 g/mol. The fraction of sp³-hybridized carbons (Fsp3) is 0.185. The quantitative estimate of drug-likeness (QED) is 0.241. The zero-order chi connectivity index (χ0) is 27.1. The van der Waals surface area contributed by atoms with Crippen molar-refractivity contribution in [3.8, 4) is 17.2 Å². The van der Waals surface area contributed by atoms with Crippen LogP contribution in [0, 0.1) is 0 Å². The summed E-state index contributed by atoms with van der Waals surface area (Å²) < 4.78 is 13.2. The number of anilines is 2. The smallest absolute Gasteiger partial charge is 0.234 e. The number of amides is 2. The molecule has 4 rings (SSSR count). The van der Waals surface area contributed by atoms with Gasteiger partial charge in [-0.3, -0.25) is 14.2 Å². The van der Waals surface area contributed by atoms with Crippen molar-refractivity contribution >= 4 is 46.6 Å². The highest BCUT2D eigenvalue weighted by Crippen LogP contribution is 2.31. The molecule has 1 unspecified atom stereocenters. The Balaban J connectivity index is 1.51. The molecule has 11 heteroatoms. The van der Waals surface area contributed by atoms with Crippen LogP contribution in [0.5, 0.6) is 11.5 Å². The number of nitrogens with one attached hydrogen (secondary N) is 2. The van der Waals surface area contributed by atoms with E-state index in [1.807, 2.05) is 54.0 Å². The zero-order valence-corrected chi connectivity index (χ0v) is 22.5. The SMILES string of the molecule is COc1ccc(NC(=O)CSc2nnc(C(C)Oc3ccccc3Cl)n2-c2ccccc2)cc1NC(C)=O. The molecule has 0 aliphatic rings. The van der Waals surface area contributed by atoms with Crippen LogP contribution in [0.1, 0.15) is 25.8 Å². The van der Waals surface area contributed by atoms with Crippen LogP contribution in [-0.2, 0) is 9.59 Å². The molecule has 4 aromatic rings. The highest BCUT2D eigenvalue weighted by molar-refractivity contribution is 7.99. The first-order valence-corrected chi connectivity index (χ1v) is 13.0. The molecule has 0 fully saturated rings. The van der Waals surface area contributed by atoms with E-state index in [9.17, 15) is 9.59 Å². The minimum absolute atomic E-state index is 0.0756. The minimum Gasteiger partial charge on any atom is -0.495 e. The van der Waals surface area contributed by atoms with Gasteiger partial charge in [-0.25, -0.2) is 0 Å². The third-order valence-electron chi connectivity index (χ3n) is 5.30. The van der Waals surface area contributed by atoms with Gasteiger partial charge in [0, 0.05) is 18.3 Å². The predicted molar refractivity (Wildman–Crippen MR) is 149 cm³/mol. The average molecular weight is 552 g/mol. The van der Waals surface area contributed by atoms with Gasteiger partial charge in [0.2, 0.25) is 11.8 Å². The highest BCUT2D eigenvalue weighted by Gasteiger charge is 2.22. The minimum atomic E-state index is -0.475. The summed E-state index contributed by atoms with van der Waals surface area (Å²) in [5, 5.41) is 15.3. The van der Waals surface area contributed by atoms with Crippen LogP contribution in [0.3, 0.4) is 0 Å². The van der Waals surface area contributed by atoms with Gasteiger partial charge in [-0.1, -0.05) is 53.7 Å². The molecule has 0 spiro atoms. The normalized spacial score (nSPS) is 11.5. The van der Waals surface area contributed by atoms with Gasteiger partial charge in [-0.2, -0.15) is 0 Å². The summed E-state index contributed by atoms with van der Waals surface area (Å²) >= 11 is 7.52. The van der Waals surface area contributed by atoms with Crippen molar-refractivity contribution in [2.24, 2.45) is 0 Å². The number of ether oxygens (including phenoxy) is 2. The van der Waals surface area contributed by atoms with Crippen LogP contribution in [0.15, 0.2) is 78.0 Å². The standard InChI is InChI=1S/C27H26ClN5O4S/c1-17(37-23-12-8-7-11-21(23)28)26-31-32-27(33(26)20-9-5-4-6-10-20)38-16-25(35)30-19-13-14-24(36-3)22(15-19)29-18(2)34/h4-15,17H,16H2,1-3H3,(H,29,34)(H,30,35). The Kier molecular flexibility index (Phi) is 8.88. The van der Waals surface area contributed by atoms with Crippen molar-refractivity contribution in [3.63, 3.8) is 0 Å². The lowest BCUT2D eigenvalue weighted by Gasteiger charge is -2.17. The Labute approximate surface area is 229 Å². The maximum Gasteiger partial charge on any atom is 0.234 e. The number of thioether (sulfide) groups is 1. The van der Waals surface area contributed by atoms with E-state index >= 15 is 0 Å². The number of nitrogens with zero attached hydrogens (tertiary/aromatic N) is 3. The summed E-state index contributed by atoms with van der Waals surface area (Å²) in [6, 6.07) is 21.8. The fourth-order valence-electron chi connectivity index (χ4n) is 3.64. The van der Waals surface area contributed by atoms with Crippen molar-refractivity contribution in [3.05, 3.63) is 83.6 Å². The predicted octanol–water partition coefficient (Wildman–Crippen LogP) is 5.76. The van der Waals surface area contributed by atoms with E-state index in [-0.39, 0.29) is 17.6 Å². The van der Waals surface area contributed by atoms with Gasteiger partial charge in [-0.05, 0) is 49.4 Å². The third kappa shape index (κ3) is 6.64. The number of hydrogen-bond acceptors (Lipinski definition) is 7. The van der Waals surface area contributed by atoms with E-state index < -0.39 is 6.10 Å². The lowest BCUT2D eigenvalue weighted by molar-refractivity contribution is -0.114. The van der Waals surface area contributed by atoms with Gasteiger partial charge in [0.1, 0.15) is 11.5 Å². The topological polar surface area (TPSA) is 107 Å². The molecule has 0 aliphatic heterocycles. The maximum absolute atomic E-state index is 12.8. The second-order valence-electron chi connectivity index (χ2n) is 8.14. The number of para-hydroxylation sites is 2. The van der Waals surface area contributed by atoms with Crippen LogP contribution in [0.2, 0.25) is 5.02 Å². The van der Waals surface area contributed by atoms with E-state index in [1.165, 1.54) is 25.8 Å². The molecule has 1 atom stereocenters. The van der Waals surface area contributed by atoms with Crippen molar-refractivity contribution < 1.29 is 19.1 Å². The summed E-state index contributed by atoms with van der Waals surface area (Å²) in [5.74, 6) is 1.17. The van der Waals surface area contributed by atoms with Gasteiger partial charge in [0.15, 0.2) is 17.1 Å². The number of methoxy groups -OCH3 is 1. The number of rotatable bonds is 10. The number of halogens is 1. The molecule has 0 aliphatic carbocycles. The molecule has 3 aromatic carbocycles. The Morgan fingerprint density at radius 1 is 1.00 bits per heavy atom. The number of hydrogen-bond donors (Lipinski definition) is 2. The highest BCUT2D eigenvalue weighted by atomic mass is 35.5. The Morgan fingerprint density at radius 2 is 1.74 bits per heavy atom. The Bertz CT molecular complexity index is 1430. The van der Waals surface area contributed by atoms with E-state index in [4.69, 9.17) is 21.1 Å². The molecule has 2 N–H and O–H groups in total. The monoisotopic (exact) mass is 551 g/mol. The fourth-order valence-corrected chi connectivity index (χ4v) is 4.58. The lowest BCUT2D eigenvalue weighted by atomic mass is 10.2. The van der Waals surface area contributed by atoms with Crippen LogP contribution in [0.25, 0.3) is 5.69 Å². The molecule has 0 radical (unpaired) electrons. The summed E-state index contributed by atoms with van der Waals surface area (Å²) in [7, 11) is 1.51. The first-order chi connectivity index (χ1) is 18.4.